The van der Waals surface area contributed by atoms with Gasteiger partial charge in [-0.25, -0.2) is 0 Å². The molecule has 0 saturated carbocycles. The van der Waals surface area contributed by atoms with Crippen molar-refractivity contribution >= 4 is 23.0 Å². The summed E-state index contributed by atoms with van der Waals surface area (Å²) in [5, 5.41) is 18.0. The first-order chi connectivity index (χ1) is 8.66. The zero-order valence-electron chi connectivity index (χ0n) is 9.99. The minimum absolute atomic E-state index is 0.0802. The van der Waals surface area contributed by atoms with Crippen molar-refractivity contribution in [2.24, 2.45) is 0 Å². The molecule has 98 valence electrons. The van der Waals surface area contributed by atoms with Crippen LogP contribution in [0.25, 0.3) is 0 Å². The number of nitro groups is 1. The number of halogens is 1. The van der Waals surface area contributed by atoms with E-state index in [1.54, 1.807) is 12.1 Å². The van der Waals surface area contributed by atoms with Crippen molar-refractivity contribution in [3.05, 3.63) is 33.3 Å². The van der Waals surface area contributed by atoms with Gasteiger partial charge >= 0.3 is 0 Å². The molecule has 1 atom stereocenters. The van der Waals surface area contributed by atoms with Gasteiger partial charge in [-0.15, -0.1) is 0 Å². The average molecular weight is 270 g/mol. The molecule has 1 unspecified atom stereocenters. The number of nitrogens with one attached hydrogen (secondary N) is 2. The molecular weight excluding hydrogens is 254 g/mol. The van der Waals surface area contributed by atoms with Crippen LogP contribution in [0.1, 0.15) is 19.3 Å². The fraction of sp³-hybridized carbons (Fsp3) is 0.500. The zero-order valence-corrected chi connectivity index (χ0v) is 10.7. The number of hydrogen-bond donors (Lipinski definition) is 2. The van der Waals surface area contributed by atoms with E-state index in [1.165, 1.54) is 6.07 Å². The second kappa shape index (κ2) is 6.02. The van der Waals surface area contributed by atoms with Gasteiger partial charge in [-0.1, -0.05) is 11.6 Å². The Kier molecular flexibility index (Phi) is 4.38. The topological polar surface area (TPSA) is 67.2 Å². The van der Waals surface area contributed by atoms with Gasteiger partial charge in [-0.05, 0) is 44.5 Å². The third-order valence-corrected chi connectivity index (χ3v) is 3.33. The minimum atomic E-state index is -0.381. The van der Waals surface area contributed by atoms with Crippen molar-refractivity contribution in [3.8, 4) is 0 Å². The van der Waals surface area contributed by atoms with Gasteiger partial charge in [0.15, 0.2) is 0 Å². The summed E-state index contributed by atoms with van der Waals surface area (Å²) in [7, 11) is 0. The van der Waals surface area contributed by atoms with Crippen LogP contribution in [-0.4, -0.2) is 24.1 Å². The molecule has 1 aromatic rings. The van der Waals surface area contributed by atoms with E-state index in [2.05, 4.69) is 10.6 Å². The normalized spacial score (nSPS) is 20.2. The summed E-state index contributed by atoms with van der Waals surface area (Å²) in [5.41, 5.74) is 0.594. The highest BCUT2D eigenvalue weighted by Gasteiger charge is 2.18. The number of hydrogen-bond acceptors (Lipinski definition) is 4. The van der Waals surface area contributed by atoms with Crippen molar-refractivity contribution in [2.45, 2.75) is 25.3 Å². The first-order valence-corrected chi connectivity index (χ1v) is 6.46. The van der Waals surface area contributed by atoms with Crippen molar-refractivity contribution in [1.82, 2.24) is 5.32 Å². The molecule has 0 aromatic heterocycles. The summed E-state index contributed by atoms with van der Waals surface area (Å²) in [6.45, 7) is 1.95. The lowest BCUT2D eigenvalue weighted by atomic mass is 10.1. The number of anilines is 1. The van der Waals surface area contributed by atoms with E-state index in [-0.39, 0.29) is 16.7 Å². The smallest absolute Gasteiger partial charge is 0.292 e. The van der Waals surface area contributed by atoms with E-state index in [0.29, 0.717) is 10.7 Å². The van der Waals surface area contributed by atoms with Gasteiger partial charge in [0.2, 0.25) is 0 Å². The molecule has 0 radical (unpaired) electrons. The lowest BCUT2D eigenvalue weighted by Gasteiger charge is -2.17. The summed E-state index contributed by atoms with van der Waals surface area (Å²) in [4.78, 5) is 10.6. The summed E-state index contributed by atoms with van der Waals surface area (Å²) in [5.74, 6) is 0. The molecule has 2 N–H and O–H groups in total. The molecule has 0 bridgehead atoms. The van der Waals surface area contributed by atoms with Crippen LogP contribution in [-0.2, 0) is 0 Å². The van der Waals surface area contributed by atoms with Crippen molar-refractivity contribution in [1.29, 1.82) is 0 Å². The monoisotopic (exact) mass is 269 g/mol. The Morgan fingerprint density at radius 3 is 3.00 bits per heavy atom. The van der Waals surface area contributed by atoms with E-state index < -0.39 is 0 Å². The van der Waals surface area contributed by atoms with E-state index in [4.69, 9.17) is 11.6 Å². The summed E-state index contributed by atoms with van der Waals surface area (Å²) in [6, 6.07) is 4.87. The van der Waals surface area contributed by atoms with Gasteiger partial charge in [-0.3, -0.25) is 10.1 Å². The molecule has 1 aliphatic rings. The fourth-order valence-electron chi connectivity index (χ4n) is 2.17. The van der Waals surface area contributed by atoms with Crippen LogP contribution in [0.4, 0.5) is 11.4 Å². The summed E-state index contributed by atoms with van der Waals surface area (Å²) < 4.78 is 0. The molecule has 6 heteroatoms. The van der Waals surface area contributed by atoms with Gasteiger partial charge in [0.25, 0.3) is 5.69 Å². The SMILES string of the molecule is O=[N+]([O-])c1ccc(Cl)cc1NC1CCCNCC1. The lowest BCUT2D eigenvalue weighted by molar-refractivity contribution is -0.384. The Balaban J connectivity index is 2.15. The molecular formula is C12H16ClN3O2. The van der Waals surface area contributed by atoms with Gasteiger partial charge in [-0.2, -0.15) is 0 Å². The molecule has 1 saturated heterocycles. The van der Waals surface area contributed by atoms with E-state index in [0.717, 1.165) is 32.4 Å². The molecule has 0 amide bonds. The zero-order chi connectivity index (χ0) is 13.0. The van der Waals surface area contributed by atoms with Crippen LogP contribution >= 0.6 is 11.6 Å². The van der Waals surface area contributed by atoms with Gasteiger partial charge in [0.05, 0.1) is 4.92 Å². The Hall–Kier alpha value is -1.33. The maximum absolute atomic E-state index is 11.0. The van der Waals surface area contributed by atoms with Gasteiger partial charge in [0, 0.05) is 17.1 Å². The summed E-state index contributed by atoms with van der Waals surface area (Å²) in [6.07, 6.45) is 3.05. The fourth-order valence-corrected chi connectivity index (χ4v) is 2.34. The Labute approximate surface area is 111 Å². The highest BCUT2D eigenvalue weighted by molar-refractivity contribution is 6.31. The Morgan fingerprint density at radius 2 is 2.22 bits per heavy atom. The first-order valence-electron chi connectivity index (χ1n) is 6.08. The second-order valence-electron chi connectivity index (χ2n) is 4.44. The predicted molar refractivity (Wildman–Crippen MR) is 72.2 cm³/mol. The third-order valence-electron chi connectivity index (χ3n) is 3.09. The Bertz CT molecular complexity index is 431. The van der Waals surface area contributed by atoms with Crippen LogP contribution in [0.2, 0.25) is 5.02 Å². The molecule has 2 rings (SSSR count). The standard InChI is InChI=1S/C12H16ClN3O2/c13-9-3-4-12(16(17)18)11(8-9)15-10-2-1-6-14-7-5-10/h3-4,8,10,14-15H,1-2,5-7H2. The lowest BCUT2D eigenvalue weighted by Crippen LogP contribution is -2.22. The second-order valence-corrected chi connectivity index (χ2v) is 4.88. The van der Waals surface area contributed by atoms with Crippen LogP contribution < -0.4 is 10.6 Å². The molecule has 0 spiro atoms. The molecule has 1 fully saturated rings. The largest absolute Gasteiger partial charge is 0.377 e. The number of nitrogens with zero attached hydrogens (tertiary/aromatic N) is 1. The number of nitro benzene ring substituents is 1. The van der Waals surface area contributed by atoms with E-state index >= 15 is 0 Å². The van der Waals surface area contributed by atoms with Crippen LogP contribution in [0, 0.1) is 10.1 Å². The highest BCUT2D eigenvalue weighted by atomic mass is 35.5. The first kappa shape index (κ1) is 13.1. The Morgan fingerprint density at radius 1 is 1.39 bits per heavy atom. The molecule has 18 heavy (non-hydrogen) atoms. The minimum Gasteiger partial charge on any atom is -0.377 e. The molecule has 1 aliphatic heterocycles. The van der Waals surface area contributed by atoms with Crippen LogP contribution in [0.3, 0.4) is 0 Å². The maximum Gasteiger partial charge on any atom is 0.292 e. The van der Waals surface area contributed by atoms with Gasteiger partial charge < -0.3 is 10.6 Å². The summed E-state index contributed by atoms with van der Waals surface area (Å²) >= 11 is 5.90. The molecule has 0 aliphatic carbocycles. The van der Waals surface area contributed by atoms with Crippen molar-refractivity contribution in [2.75, 3.05) is 18.4 Å². The van der Waals surface area contributed by atoms with E-state index in [9.17, 15) is 10.1 Å². The van der Waals surface area contributed by atoms with Crippen LogP contribution in [0.15, 0.2) is 18.2 Å². The third kappa shape index (κ3) is 3.34. The van der Waals surface area contributed by atoms with Gasteiger partial charge in [0.1, 0.15) is 5.69 Å². The molecule has 5 nitrogen and oxygen atoms in total. The highest BCUT2D eigenvalue weighted by Crippen LogP contribution is 2.29. The predicted octanol–water partition coefficient (Wildman–Crippen LogP) is 2.80. The maximum atomic E-state index is 11.0. The quantitative estimate of drug-likeness (QED) is 0.654. The van der Waals surface area contributed by atoms with Crippen LogP contribution in [0.5, 0.6) is 0 Å². The number of benzene rings is 1. The molecule has 1 heterocycles. The van der Waals surface area contributed by atoms with Crippen molar-refractivity contribution < 1.29 is 4.92 Å². The average Bonchev–Trinajstić information content (AvgIpc) is 2.57. The molecule has 1 aromatic carbocycles. The van der Waals surface area contributed by atoms with E-state index in [1.807, 2.05) is 0 Å². The number of rotatable bonds is 3. The van der Waals surface area contributed by atoms with Crippen molar-refractivity contribution in [3.63, 3.8) is 0 Å².